The summed E-state index contributed by atoms with van der Waals surface area (Å²) in [5.41, 5.74) is 2.08. The third kappa shape index (κ3) is 3.47. The van der Waals surface area contributed by atoms with Crippen molar-refractivity contribution in [1.29, 1.82) is 0 Å². The van der Waals surface area contributed by atoms with Crippen molar-refractivity contribution in [1.82, 2.24) is 0 Å². The lowest BCUT2D eigenvalue weighted by molar-refractivity contribution is -0.139. The minimum absolute atomic E-state index is 0.219. The highest BCUT2D eigenvalue weighted by Gasteiger charge is 2.21. The van der Waals surface area contributed by atoms with Gasteiger partial charge in [0.2, 0.25) is 0 Å². The van der Waals surface area contributed by atoms with Crippen LogP contribution in [-0.4, -0.2) is 37.9 Å². The highest BCUT2D eigenvalue weighted by atomic mass is 16.5. The fraction of sp³-hybridized carbons (Fsp3) is 0.533. The van der Waals surface area contributed by atoms with Gasteiger partial charge >= 0.3 is 5.97 Å². The topological polar surface area (TPSA) is 49.8 Å². The first kappa shape index (κ1) is 13.9. The molecule has 4 heteroatoms. The van der Waals surface area contributed by atoms with Crippen molar-refractivity contribution < 1.29 is 14.6 Å². The number of rotatable bonds is 4. The Hall–Kier alpha value is -1.55. The number of anilines is 1. The van der Waals surface area contributed by atoms with Gasteiger partial charge in [0.25, 0.3) is 0 Å². The summed E-state index contributed by atoms with van der Waals surface area (Å²) in [6.45, 7) is 2.07. The molecule has 0 amide bonds. The molecule has 0 aromatic heterocycles. The van der Waals surface area contributed by atoms with E-state index in [0.717, 1.165) is 37.2 Å². The highest BCUT2D eigenvalue weighted by Crippen LogP contribution is 2.26. The van der Waals surface area contributed by atoms with Crippen molar-refractivity contribution in [3.63, 3.8) is 0 Å². The summed E-state index contributed by atoms with van der Waals surface area (Å²) in [7, 11) is 1.41. The fourth-order valence-corrected chi connectivity index (χ4v) is 2.63. The summed E-state index contributed by atoms with van der Waals surface area (Å²) in [6.07, 6.45) is 2.46. The maximum atomic E-state index is 11.5. The number of ether oxygens (including phenoxy) is 1. The molecule has 104 valence electrons. The third-order valence-electron chi connectivity index (χ3n) is 3.67. The van der Waals surface area contributed by atoms with Gasteiger partial charge in [-0.05, 0) is 30.4 Å². The Kier molecular flexibility index (Phi) is 4.80. The zero-order chi connectivity index (χ0) is 13.7. The van der Waals surface area contributed by atoms with Gasteiger partial charge in [-0.15, -0.1) is 0 Å². The average molecular weight is 263 g/mol. The molecule has 1 aliphatic rings. The van der Waals surface area contributed by atoms with Crippen LogP contribution in [0.2, 0.25) is 0 Å². The fourth-order valence-electron chi connectivity index (χ4n) is 2.63. The number of carbonyl (C=O) groups is 1. The number of hydrogen-bond acceptors (Lipinski definition) is 4. The molecule has 0 bridgehead atoms. The van der Waals surface area contributed by atoms with Gasteiger partial charge in [0.05, 0.1) is 13.5 Å². The predicted octanol–water partition coefficient (Wildman–Crippen LogP) is 1.61. The number of aliphatic hydroxyl groups excluding tert-OH is 1. The third-order valence-corrected chi connectivity index (χ3v) is 3.67. The Labute approximate surface area is 114 Å². The molecule has 1 saturated heterocycles. The van der Waals surface area contributed by atoms with Crippen LogP contribution in [0, 0.1) is 5.92 Å². The van der Waals surface area contributed by atoms with Gasteiger partial charge in [0.15, 0.2) is 0 Å². The Balaban J connectivity index is 2.16. The monoisotopic (exact) mass is 263 g/mol. The molecule has 1 N–H and O–H groups in total. The van der Waals surface area contributed by atoms with Crippen LogP contribution in [0.15, 0.2) is 24.3 Å². The van der Waals surface area contributed by atoms with Crippen LogP contribution < -0.4 is 4.90 Å². The van der Waals surface area contributed by atoms with Crippen molar-refractivity contribution in [2.24, 2.45) is 5.92 Å². The number of nitrogens with zero attached hydrogens (tertiary/aromatic N) is 1. The number of hydrogen-bond donors (Lipinski definition) is 1. The molecule has 1 atom stereocenters. The zero-order valence-electron chi connectivity index (χ0n) is 11.3. The Bertz CT molecular complexity index is 433. The number of benzene rings is 1. The van der Waals surface area contributed by atoms with E-state index in [9.17, 15) is 9.90 Å². The molecule has 1 aromatic carbocycles. The van der Waals surface area contributed by atoms with Crippen LogP contribution >= 0.6 is 0 Å². The van der Waals surface area contributed by atoms with Crippen molar-refractivity contribution in [3.8, 4) is 0 Å². The van der Waals surface area contributed by atoms with Crippen molar-refractivity contribution >= 4 is 11.7 Å². The number of piperidine rings is 1. The molecule has 0 aliphatic carbocycles. The van der Waals surface area contributed by atoms with E-state index in [1.54, 1.807) is 0 Å². The molecule has 1 aromatic rings. The first-order valence-electron chi connectivity index (χ1n) is 6.75. The van der Waals surface area contributed by atoms with Crippen molar-refractivity contribution in [2.75, 3.05) is 31.7 Å². The normalized spacial score (nSPS) is 19.3. The summed E-state index contributed by atoms with van der Waals surface area (Å²) >= 11 is 0. The second kappa shape index (κ2) is 6.57. The van der Waals surface area contributed by atoms with Crippen LogP contribution in [-0.2, 0) is 16.0 Å². The average Bonchev–Trinajstić information content (AvgIpc) is 2.47. The zero-order valence-corrected chi connectivity index (χ0v) is 11.3. The minimum Gasteiger partial charge on any atom is -0.469 e. The van der Waals surface area contributed by atoms with Crippen LogP contribution in [0.4, 0.5) is 5.69 Å². The molecule has 0 radical (unpaired) electrons. The molecule has 4 nitrogen and oxygen atoms in total. The summed E-state index contributed by atoms with van der Waals surface area (Å²) < 4.78 is 4.74. The lowest BCUT2D eigenvalue weighted by Gasteiger charge is -2.34. The van der Waals surface area contributed by atoms with E-state index in [2.05, 4.69) is 4.90 Å². The lowest BCUT2D eigenvalue weighted by atomic mass is 9.97. The summed E-state index contributed by atoms with van der Waals surface area (Å²) in [6, 6.07) is 7.93. The summed E-state index contributed by atoms with van der Waals surface area (Å²) in [5, 5.41) is 9.31. The van der Waals surface area contributed by atoms with E-state index in [0.29, 0.717) is 12.3 Å². The molecule has 1 heterocycles. The van der Waals surface area contributed by atoms with E-state index >= 15 is 0 Å². The van der Waals surface area contributed by atoms with Crippen LogP contribution in [0.1, 0.15) is 18.4 Å². The van der Waals surface area contributed by atoms with Gasteiger partial charge in [-0.1, -0.05) is 18.2 Å². The molecular weight excluding hydrogens is 242 g/mol. The second-order valence-electron chi connectivity index (χ2n) is 5.02. The molecule has 1 aliphatic heterocycles. The largest absolute Gasteiger partial charge is 0.469 e. The van der Waals surface area contributed by atoms with Gasteiger partial charge in [-0.3, -0.25) is 4.79 Å². The maximum Gasteiger partial charge on any atom is 0.310 e. The second-order valence-corrected chi connectivity index (χ2v) is 5.02. The molecule has 1 fully saturated rings. The smallest absolute Gasteiger partial charge is 0.310 e. The first-order valence-corrected chi connectivity index (χ1v) is 6.75. The summed E-state index contributed by atoms with van der Waals surface area (Å²) in [5.74, 6) is 0.114. The minimum atomic E-state index is -0.219. The van der Waals surface area contributed by atoms with E-state index < -0.39 is 0 Å². The SMILES string of the molecule is COC(=O)Cc1ccccc1N1CCCC(CO)C1. The van der Waals surface area contributed by atoms with Gasteiger partial charge in [-0.25, -0.2) is 0 Å². The molecule has 2 rings (SSSR count). The summed E-state index contributed by atoms with van der Waals surface area (Å²) in [4.78, 5) is 13.7. The molecule has 19 heavy (non-hydrogen) atoms. The first-order chi connectivity index (χ1) is 9.24. The number of methoxy groups -OCH3 is 1. The number of carbonyl (C=O) groups excluding carboxylic acids is 1. The van der Waals surface area contributed by atoms with Crippen molar-refractivity contribution in [3.05, 3.63) is 29.8 Å². The Morgan fingerprint density at radius 2 is 2.26 bits per heavy atom. The predicted molar refractivity (Wildman–Crippen MR) is 74.2 cm³/mol. The Morgan fingerprint density at radius 1 is 1.47 bits per heavy atom. The number of aliphatic hydroxyl groups is 1. The highest BCUT2D eigenvalue weighted by molar-refractivity contribution is 5.75. The van der Waals surface area contributed by atoms with E-state index in [1.165, 1.54) is 7.11 Å². The number of esters is 1. The van der Waals surface area contributed by atoms with Crippen LogP contribution in [0.3, 0.4) is 0 Å². The van der Waals surface area contributed by atoms with E-state index in [4.69, 9.17) is 4.74 Å². The van der Waals surface area contributed by atoms with Crippen LogP contribution in [0.5, 0.6) is 0 Å². The quantitative estimate of drug-likeness (QED) is 0.839. The van der Waals surface area contributed by atoms with Gasteiger partial charge in [-0.2, -0.15) is 0 Å². The Morgan fingerprint density at radius 3 is 3.00 bits per heavy atom. The standard InChI is InChI=1S/C15H21NO3/c1-19-15(18)9-13-6-2-3-7-14(13)16-8-4-5-12(10-16)11-17/h2-3,6-7,12,17H,4-5,8-11H2,1H3. The maximum absolute atomic E-state index is 11.5. The van der Waals surface area contributed by atoms with Gasteiger partial charge < -0.3 is 14.7 Å². The van der Waals surface area contributed by atoms with Gasteiger partial charge in [0.1, 0.15) is 0 Å². The van der Waals surface area contributed by atoms with Crippen molar-refractivity contribution in [2.45, 2.75) is 19.3 Å². The molecule has 0 saturated carbocycles. The number of para-hydroxylation sites is 1. The van der Waals surface area contributed by atoms with Gasteiger partial charge in [0, 0.05) is 25.4 Å². The van der Waals surface area contributed by atoms with Crippen LogP contribution in [0.25, 0.3) is 0 Å². The molecule has 0 spiro atoms. The van der Waals surface area contributed by atoms with E-state index in [-0.39, 0.29) is 12.6 Å². The van der Waals surface area contributed by atoms with E-state index in [1.807, 2.05) is 24.3 Å². The lowest BCUT2D eigenvalue weighted by Crippen LogP contribution is -2.37. The molecular formula is C15H21NO3. The molecule has 1 unspecified atom stereocenters.